The summed E-state index contributed by atoms with van der Waals surface area (Å²) in [5, 5.41) is 35.7. The highest BCUT2D eigenvalue weighted by Crippen LogP contribution is 2.42. The summed E-state index contributed by atoms with van der Waals surface area (Å²) in [5.41, 5.74) is 3.00. The third kappa shape index (κ3) is 5.29. The standard InChI is InChI=1S/C29H28N2O7/c1-36-24-12-19-13-25(29(24)35)37-20-5-2-17(3-6-20)4-9-27(33)30-11-10-18-15-31-23-8-7-21(14-22(18)23)38-26(16-32)28(19)34/h2-9,12-15,26,28,31-32,34-35H,10-11,16H2,1H3,(H,30,33)/b9-4-/t26-,28-/m1/s1. The fourth-order valence-corrected chi connectivity index (χ4v) is 4.36. The van der Waals surface area contributed by atoms with Crippen molar-refractivity contribution in [2.24, 2.45) is 0 Å². The number of hydrogen-bond donors (Lipinski definition) is 5. The molecular formula is C29H28N2O7. The van der Waals surface area contributed by atoms with E-state index in [4.69, 9.17) is 14.2 Å². The van der Waals surface area contributed by atoms with E-state index in [0.29, 0.717) is 30.0 Å². The zero-order valence-electron chi connectivity index (χ0n) is 20.7. The van der Waals surface area contributed by atoms with Crippen molar-refractivity contribution in [3.63, 3.8) is 0 Å². The topological polar surface area (TPSA) is 133 Å². The number of aliphatic hydroxyl groups excluding tert-OH is 2. The fraction of sp³-hybridized carbons (Fsp3) is 0.207. The summed E-state index contributed by atoms with van der Waals surface area (Å²) in [6.07, 6.45) is 3.36. The first-order valence-corrected chi connectivity index (χ1v) is 12.2. The van der Waals surface area contributed by atoms with Gasteiger partial charge in [-0.15, -0.1) is 0 Å². The van der Waals surface area contributed by atoms with Gasteiger partial charge in [-0.05, 0) is 71.7 Å². The first-order chi connectivity index (χ1) is 18.4. The molecule has 6 bridgehead atoms. The third-order valence-corrected chi connectivity index (χ3v) is 6.41. The molecule has 2 aliphatic rings. The van der Waals surface area contributed by atoms with Gasteiger partial charge >= 0.3 is 0 Å². The lowest BCUT2D eigenvalue weighted by Crippen LogP contribution is -2.29. The molecule has 4 aromatic rings. The molecule has 0 saturated heterocycles. The second-order valence-corrected chi connectivity index (χ2v) is 8.92. The van der Waals surface area contributed by atoms with Crippen molar-refractivity contribution in [3.8, 4) is 28.7 Å². The van der Waals surface area contributed by atoms with Crippen LogP contribution in [0.4, 0.5) is 0 Å². The minimum atomic E-state index is -1.27. The summed E-state index contributed by atoms with van der Waals surface area (Å²) in [6, 6.07) is 15.3. The SMILES string of the molecule is COc1cc2cc(c1O)Oc1ccc(cc1)/C=C\C(=O)NCCc1c[nH]c3ccc(cc13)O[C@H](CO)[C@@H]2O. The van der Waals surface area contributed by atoms with E-state index in [1.165, 1.54) is 25.3 Å². The van der Waals surface area contributed by atoms with Gasteiger partial charge in [0.05, 0.1) is 13.7 Å². The largest absolute Gasteiger partial charge is 0.502 e. The van der Waals surface area contributed by atoms with E-state index < -0.39 is 18.8 Å². The van der Waals surface area contributed by atoms with Crippen molar-refractivity contribution in [1.29, 1.82) is 0 Å². The summed E-state index contributed by atoms with van der Waals surface area (Å²) >= 11 is 0. The number of benzene rings is 3. The number of phenols is 1. The van der Waals surface area contributed by atoms with Crippen LogP contribution in [0, 0.1) is 0 Å². The molecular weight excluding hydrogens is 488 g/mol. The monoisotopic (exact) mass is 516 g/mol. The highest BCUT2D eigenvalue weighted by molar-refractivity contribution is 5.91. The number of hydrogen-bond acceptors (Lipinski definition) is 7. The molecule has 0 saturated carbocycles. The van der Waals surface area contributed by atoms with Crippen molar-refractivity contribution in [2.45, 2.75) is 18.6 Å². The molecule has 3 aromatic carbocycles. The zero-order valence-corrected chi connectivity index (χ0v) is 20.7. The van der Waals surface area contributed by atoms with Crippen LogP contribution in [-0.4, -0.2) is 52.6 Å². The average Bonchev–Trinajstić information content (AvgIpc) is 3.33. The van der Waals surface area contributed by atoms with Crippen molar-refractivity contribution >= 4 is 22.9 Å². The molecule has 2 aliphatic heterocycles. The van der Waals surface area contributed by atoms with Gasteiger partial charge in [-0.25, -0.2) is 0 Å². The van der Waals surface area contributed by atoms with E-state index in [9.17, 15) is 20.1 Å². The number of phenolic OH excluding ortho intramolecular Hbond substituents is 1. The Hall–Kier alpha value is -4.47. The van der Waals surface area contributed by atoms with Gasteiger partial charge in [0.15, 0.2) is 17.6 Å². The number of aromatic amines is 1. The normalized spacial score (nSPS) is 18.8. The molecule has 2 atom stereocenters. The number of aromatic hydroxyl groups is 1. The quantitative estimate of drug-likeness (QED) is 0.273. The predicted octanol–water partition coefficient (Wildman–Crippen LogP) is 3.83. The van der Waals surface area contributed by atoms with E-state index in [-0.39, 0.29) is 23.2 Å². The van der Waals surface area contributed by atoms with Crippen molar-refractivity contribution in [2.75, 3.05) is 20.3 Å². The van der Waals surface area contributed by atoms with E-state index in [1.807, 2.05) is 18.3 Å². The number of ether oxygens (including phenoxy) is 3. The molecule has 1 aromatic heterocycles. The second kappa shape index (κ2) is 10.9. The Balaban J connectivity index is 1.56. The minimum Gasteiger partial charge on any atom is -0.502 e. The molecule has 38 heavy (non-hydrogen) atoms. The van der Waals surface area contributed by atoms with Gasteiger partial charge in [0.2, 0.25) is 11.7 Å². The molecule has 3 heterocycles. The lowest BCUT2D eigenvalue weighted by molar-refractivity contribution is -0.116. The molecule has 5 N–H and O–H groups in total. The number of rotatable bonds is 2. The van der Waals surface area contributed by atoms with E-state index in [0.717, 1.165) is 22.0 Å². The Kier molecular flexibility index (Phi) is 7.21. The van der Waals surface area contributed by atoms with Gasteiger partial charge in [0, 0.05) is 29.7 Å². The van der Waals surface area contributed by atoms with Crippen LogP contribution in [0.1, 0.15) is 22.8 Å². The summed E-state index contributed by atoms with van der Waals surface area (Å²) in [7, 11) is 1.39. The highest BCUT2D eigenvalue weighted by atomic mass is 16.5. The molecule has 0 radical (unpaired) electrons. The lowest BCUT2D eigenvalue weighted by atomic mass is 10.0. The number of methoxy groups -OCH3 is 1. The van der Waals surface area contributed by atoms with Crippen molar-refractivity contribution < 1.29 is 34.3 Å². The predicted molar refractivity (Wildman–Crippen MR) is 142 cm³/mol. The highest BCUT2D eigenvalue weighted by Gasteiger charge is 2.26. The number of H-pyrrole nitrogens is 1. The Bertz CT molecular complexity index is 1480. The molecule has 0 spiro atoms. The second-order valence-electron chi connectivity index (χ2n) is 8.92. The summed E-state index contributed by atoms with van der Waals surface area (Å²) in [5.74, 6) is 0.573. The zero-order chi connectivity index (χ0) is 26.6. The number of fused-ring (bicyclic) bond motifs is 8. The third-order valence-electron chi connectivity index (χ3n) is 6.41. The van der Waals surface area contributed by atoms with Gasteiger partial charge in [0.1, 0.15) is 17.6 Å². The first kappa shape index (κ1) is 25.2. The van der Waals surface area contributed by atoms with Gasteiger partial charge in [-0.2, -0.15) is 0 Å². The van der Waals surface area contributed by atoms with Crippen LogP contribution in [0.15, 0.2) is 66.9 Å². The first-order valence-electron chi connectivity index (χ1n) is 12.2. The molecule has 196 valence electrons. The molecule has 9 nitrogen and oxygen atoms in total. The number of carbonyl (C=O) groups is 1. The summed E-state index contributed by atoms with van der Waals surface area (Å²) in [6.45, 7) is -0.0357. The van der Waals surface area contributed by atoms with Gasteiger partial charge < -0.3 is 39.8 Å². The van der Waals surface area contributed by atoms with E-state index in [2.05, 4.69) is 10.3 Å². The van der Waals surface area contributed by atoms with Crippen LogP contribution in [0.25, 0.3) is 17.0 Å². The van der Waals surface area contributed by atoms with Gasteiger partial charge in [-0.3, -0.25) is 4.79 Å². The molecule has 6 rings (SSSR count). The fourth-order valence-electron chi connectivity index (χ4n) is 4.36. The van der Waals surface area contributed by atoms with Crippen LogP contribution >= 0.6 is 0 Å². The summed E-state index contributed by atoms with van der Waals surface area (Å²) in [4.78, 5) is 15.5. The number of carbonyl (C=O) groups excluding carboxylic acids is 1. The van der Waals surface area contributed by atoms with Gasteiger partial charge in [0.25, 0.3) is 0 Å². The number of amides is 1. The molecule has 0 unspecified atom stereocenters. The Morgan fingerprint density at radius 1 is 1.05 bits per heavy atom. The van der Waals surface area contributed by atoms with E-state index >= 15 is 0 Å². The molecule has 9 heteroatoms. The maximum atomic E-state index is 12.3. The average molecular weight is 517 g/mol. The maximum Gasteiger partial charge on any atom is 0.244 e. The Morgan fingerprint density at radius 2 is 1.84 bits per heavy atom. The van der Waals surface area contributed by atoms with Crippen molar-refractivity contribution in [3.05, 3.63) is 83.6 Å². The number of nitrogens with one attached hydrogen (secondary N) is 2. The van der Waals surface area contributed by atoms with Crippen LogP contribution < -0.4 is 19.5 Å². The Morgan fingerprint density at radius 3 is 2.61 bits per heavy atom. The van der Waals surface area contributed by atoms with Crippen LogP contribution in [-0.2, 0) is 11.2 Å². The lowest BCUT2D eigenvalue weighted by Gasteiger charge is -2.24. The van der Waals surface area contributed by atoms with Crippen LogP contribution in [0.5, 0.6) is 28.7 Å². The van der Waals surface area contributed by atoms with Crippen molar-refractivity contribution in [1.82, 2.24) is 10.3 Å². The Labute approximate surface area is 218 Å². The number of aliphatic hydroxyl groups is 2. The maximum absolute atomic E-state index is 12.3. The minimum absolute atomic E-state index is 0.0574. The molecule has 1 amide bonds. The van der Waals surface area contributed by atoms with Crippen LogP contribution in [0.2, 0.25) is 0 Å². The molecule has 0 fully saturated rings. The smallest absolute Gasteiger partial charge is 0.244 e. The van der Waals surface area contributed by atoms with Gasteiger partial charge in [-0.1, -0.05) is 12.1 Å². The van der Waals surface area contributed by atoms with Crippen LogP contribution in [0.3, 0.4) is 0 Å². The molecule has 0 aliphatic carbocycles. The summed E-state index contributed by atoms with van der Waals surface area (Å²) < 4.78 is 17.2. The van der Waals surface area contributed by atoms with E-state index in [1.54, 1.807) is 36.4 Å². The number of aromatic nitrogens is 1.